The number of hydrogen-bond donors (Lipinski definition) is 1. The number of anilines is 1. The Kier molecular flexibility index (Phi) is 5.33. The van der Waals surface area contributed by atoms with Crippen LogP contribution < -0.4 is 5.32 Å². The summed E-state index contributed by atoms with van der Waals surface area (Å²) in [6, 6.07) is 7.98. The minimum atomic E-state index is -3.10. The zero-order chi connectivity index (χ0) is 14.7. The summed E-state index contributed by atoms with van der Waals surface area (Å²) in [5, 5.41) is 3.27. The van der Waals surface area contributed by atoms with Gasteiger partial charge < -0.3 is 5.32 Å². The van der Waals surface area contributed by atoms with E-state index in [-0.39, 0.29) is 6.04 Å². The fourth-order valence-corrected chi connectivity index (χ4v) is 2.84. The standard InChI is InChI=1S/C14H23NO2S2/c1-11(14(2,3)19(5,16)17)15-13-8-6-12(7-9-13)10-18-4/h6-9,11,15H,10H2,1-5H3. The molecule has 1 N–H and O–H groups in total. The van der Waals surface area contributed by atoms with Crippen molar-refractivity contribution in [2.75, 3.05) is 17.8 Å². The van der Waals surface area contributed by atoms with Gasteiger partial charge in [-0.05, 0) is 44.7 Å². The number of nitrogens with one attached hydrogen (secondary N) is 1. The maximum atomic E-state index is 11.8. The predicted molar refractivity (Wildman–Crippen MR) is 85.7 cm³/mol. The molecule has 0 amide bonds. The number of benzene rings is 1. The summed E-state index contributed by atoms with van der Waals surface area (Å²) in [7, 11) is -3.10. The van der Waals surface area contributed by atoms with E-state index < -0.39 is 14.6 Å². The van der Waals surface area contributed by atoms with Crippen molar-refractivity contribution >= 4 is 27.3 Å². The number of rotatable bonds is 6. The van der Waals surface area contributed by atoms with Crippen LogP contribution in [0.3, 0.4) is 0 Å². The van der Waals surface area contributed by atoms with Crippen LogP contribution in [0.15, 0.2) is 24.3 Å². The second-order valence-electron chi connectivity index (χ2n) is 5.37. The van der Waals surface area contributed by atoms with Gasteiger partial charge in [-0.25, -0.2) is 8.42 Å². The molecule has 3 nitrogen and oxygen atoms in total. The van der Waals surface area contributed by atoms with E-state index in [1.165, 1.54) is 11.8 Å². The number of hydrogen-bond acceptors (Lipinski definition) is 4. The Labute approximate surface area is 121 Å². The quantitative estimate of drug-likeness (QED) is 0.876. The Bertz CT molecular complexity index is 507. The first-order valence-electron chi connectivity index (χ1n) is 6.22. The normalized spacial score (nSPS) is 14.2. The summed E-state index contributed by atoms with van der Waals surface area (Å²) >= 11 is 1.78. The number of thioether (sulfide) groups is 1. The van der Waals surface area contributed by atoms with E-state index in [1.54, 1.807) is 25.6 Å². The Balaban J connectivity index is 2.80. The van der Waals surface area contributed by atoms with Crippen LogP contribution in [0.25, 0.3) is 0 Å². The minimum absolute atomic E-state index is 0.158. The Morgan fingerprint density at radius 1 is 1.26 bits per heavy atom. The fourth-order valence-electron chi connectivity index (χ4n) is 1.61. The van der Waals surface area contributed by atoms with E-state index in [0.29, 0.717) is 0 Å². The maximum absolute atomic E-state index is 11.8. The Morgan fingerprint density at radius 3 is 2.21 bits per heavy atom. The third kappa shape index (κ3) is 4.14. The topological polar surface area (TPSA) is 46.2 Å². The summed E-state index contributed by atoms with van der Waals surface area (Å²) in [5.41, 5.74) is 2.22. The van der Waals surface area contributed by atoms with Crippen molar-refractivity contribution in [2.45, 2.75) is 37.3 Å². The van der Waals surface area contributed by atoms with Crippen LogP contribution in [0.5, 0.6) is 0 Å². The van der Waals surface area contributed by atoms with Gasteiger partial charge >= 0.3 is 0 Å². The Hall–Kier alpha value is -0.680. The zero-order valence-corrected chi connectivity index (χ0v) is 13.9. The van der Waals surface area contributed by atoms with Crippen molar-refractivity contribution in [1.82, 2.24) is 0 Å². The molecule has 0 fully saturated rings. The predicted octanol–water partition coefficient (Wildman–Crippen LogP) is 3.17. The van der Waals surface area contributed by atoms with Gasteiger partial charge in [0.15, 0.2) is 9.84 Å². The lowest BCUT2D eigenvalue weighted by Gasteiger charge is -2.31. The van der Waals surface area contributed by atoms with Crippen molar-refractivity contribution in [3.8, 4) is 0 Å². The van der Waals surface area contributed by atoms with Gasteiger partial charge in [0, 0.05) is 23.7 Å². The van der Waals surface area contributed by atoms with Gasteiger partial charge in [0.25, 0.3) is 0 Å². The summed E-state index contributed by atoms with van der Waals surface area (Å²) in [4.78, 5) is 0. The van der Waals surface area contributed by atoms with E-state index in [0.717, 1.165) is 11.4 Å². The molecule has 1 aromatic rings. The molecule has 0 aliphatic rings. The summed E-state index contributed by atoms with van der Waals surface area (Å²) < 4.78 is 22.8. The molecule has 0 heterocycles. The molecule has 0 bridgehead atoms. The lowest BCUT2D eigenvalue weighted by Crippen LogP contribution is -2.45. The highest BCUT2D eigenvalue weighted by molar-refractivity contribution is 7.97. The molecular weight excluding hydrogens is 278 g/mol. The summed E-state index contributed by atoms with van der Waals surface area (Å²) in [5.74, 6) is 0.991. The molecule has 0 spiro atoms. The van der Waals surface area contributed by atoms with Gasteiger partial charge in [0.1, 0.15) is 0 Å². The highest BCUT2D eigenvalue weighted by atomic mass is 32.2. The van der Waals surface area contributed by atoms with E-state index in [2.05, 4.69) is 23.7 Å². The van der Waals surface area contributed by atoms with Crippen LogP contribution >= 0.6 is 11.8 Å². The van der Waals surface area contributed by atoms with Gasteiger partial charge in [0.05, 0.1) is 4.75 Å². The molecule has 19 heavy (non-hydrogen) atoms. The van der Waals surface area contributed by atoms with E-state index in [9.17, 15) is 8.42 Å². The van der Waals surface area contributed by atoms with Gasteiger partial charge in [-0.2, -0.15) is 11.8 Å². The molecule has 1 atom stereocenters. The maximum Gasteiger partial charge on any atom is 0.154 e. The van der Waals surface area contributed by atoms with Crippen LogP contribution in [0.1, 0.15) is 26.3 Å². The van der Waals surface area contributed by atoms with Crippen LogP contribution in [0, 0.1) is 0 Å². The first-order chi connectivity index (χ1) is 8.68. The molecule has 1 unspecified atom stereocenters. The average molecular weight is 301 g/mol. The lowest BCUT2D eigenvalue weighted by molar-refractivity contribution is 0.521. The molecule has 108 valence electrons. The van der Waals surface area contributed by atoms with Crippen LogP contribution in [-0.4, -0.2) is 31.7 Å². The van der Waals surface area contributed by atoms with Gasteiger partial charge in [-0.15, -0.1) is 0 Å². The van der Waals surface area contributed by atoms with Crippen molar-refractivity contribution in [3.05, 3.63) is 29.8 Å². The summed E-state index contributed by atoms with van der Waals surface area (Å²) in [6.07, 6.45) is 3.36. The molecule has 0 radical (unpaired) electrons. The third-order valence-electron chi connectivity index (χ3n) is 3.65. The minimum Gasteiger partial charge on any atom is -0.381 e. The van der Waals surface area contributed by atoms with Crippen LogP contribution in [-0.2, 0) is 15.6 Å². The second-order valence-corrected chi connectivity index (χ2v) is 8.83. The zero-order valence-electron chi connectivity index (χ0n) is 12.2. The Morgan fingerprint density at radius 2 is 1.79 bits per heavy atom. The largest absolute Gasteiger partial charge is 0.381 e. The van der Waals surface area contributed by atoms with Crippen molar-refractivity contribution in [1.29, 1.82) is 0 Å². The van der Waals surface area contributed by atoms with Crippen molar-refractivity contribution in [2.24, 2.45) is 0 Å². The second kappa shape index (κ2) is 6.18. The highest BCUT2D eigenvalue weighted by Crippen LogP contribution is 2.23. The van der Waals surface area contributed by atoms with E-state index >= 15 is 0 Å². The molecular formula is C14H23NO2S2. The van der Waals surface area contributed by atoms with Crippen LogP contribution in [0.2, 0.25) is 0 Å². The van der Waals surface area contributed by atoms with Gasteiger partial charge in [-0.3, -0.25) is 0 Å². The molecule has 5 heteroatoms. The van der Waals surface area contributed by atoms with Crippen molar-refractivity contribution < 1.29 is 8.42 Å². The van der Waals surface area contributed by atoms with Gasteiger partial charge in [0.2, 0.25) is 0 Å². The highest BCUT2D eigenvalue weighted by Gasteiger charge is 2.36. The fraction of sp³-hybridized carbons (Fsp3) is 0.571. The first kappa shape index (κ1) is 16.4. The van der Waals surface area contributed by atoms with E-state index in [1.807, 2.05) is 19.1 Å². The third-order valence-corrected chi connectivity index (χ3v) is 6.53. The van der Waals surface area contributed by atoms with Gasteiger partial charge in [-0.1, -0.05) is 12.1 Å². The smallest absolute Gasteiger partial charge is 0.154 e. The van der Waals surface area contributed by atoms with Crippen LogP contribution in [0.4, 0.5) is 5.69 Å². The molecule has 1 rings (SSSR count). The molecule has 0 aliphatic heterocycles. The molecule has 0 saturated carbocycles. The summed E-state index contributed by atoms with van der Waals surface area (Å²) in [6.45, 7) is 5.40. The SMILES string of the molecule is CSCc1ccc(NC(C)C(C)(C)S(C)(=O)=O)cc1. The first-order valence-corrected chi connectivity index (χ1v) is 9.51. The average Bonchev–Trinajstić information content (AvgIpc) is 2.30. The molecule has 0 aliphatic carbocycles. The lowest BCUT2D eigenvalue weighted by atomic mass is 10.0. The molecule has 0 aromatic heterocycles. The monoisotopic (exact) mass is 301 g/mol. The molecule has 1 aromatic carbocycles. The van der Waals surface area contributed by atoms with Crippen molar-refractivity contribution in [3.63, 3.8) is 0 Å². The van der Waals surface area contributed by atoms with E-state index in [4.69, 9.17) is 0 Å². The number of sulfone groups is 1. The molecule has 0 saturated heterocycles.